The summed E-state index contributed by atoms with van der Waals surface area (Å²) in [5.74, 6) is 0.697. The van der Waals surface area contributed by atoms with Crippen LogP contribution in [-0.4, -0.2) is 42.5 Å². The molecule has 0 atom stereocenters. The van der Waals surface area contributed by atoms with Gasteiger partial charge in [0, 0.05) is 23.7 Å². The van der Waals surface area contributed by atoms with E-state index in [0.717, 1.165) is 46.8 Å². The third-order valence-electron chi connectivity index (χ3n) is 4.39. The molecule has 1 aliphatic rings. The van der Waals surface area contributed by atoms with Crippen molar-refractivity contribution in [2.75, 3.05) is 20.7 Å². The normalized spacial score (nSPS) is 13.9. The monoisotopic (exact) mass is 381 g/mol. The van der Waals surface area contributed by atoms with E-state index in [0.29, 0.717) is 6.04 Å². The molecule has 0 spiro atoms. The molecule has 6 heteroatoms. The SMILES string of the molecule is CN(C)Cc1cc(-c2nc3ccccc3s2)ccc1OCC(=O)NC1CC1. The summed E-state index contributed by atoms with van der Waals surface area (Å²) in [5, 5.41) is 3.95. The Morgan fingerprint density at radius 3 is 2.81 bits per heavy atom. The Morgan fingerprint density at radius 1 is 1.26 bits per heavy atom. The summed E-state index contributed by atoms with van der Waals surface area (Å²) in [5.41, 5.74) is 3.14. The number of carbonyl (C=O) groups is 1. The van der Waals surface area contributed by atoms with Crippen LogP contribution in [0.1, 0.15) is 18.4 Å². The van der Waals surface area contributed by atoms with Crippen LogP contribution in [0.5, 0.6) is 5.75 Å². The topological polar surface area (TPSA) is 54.5 Å². The van der Waals surface area contributed by atoms with Crippen LogP contribution in [0.2, 0.25) is 0 Å². The molecule has 0 aliphatic heterocycles. The van der Waals surface area contributed by atoms with Crippen LogP contribution in [0.25, 0.3) is 20.8 Å². The number of fused-ring (bicyclic) bond motifs is 1. The lowest BCUT2D eigenvalue weighted by Crippen LogP contribution is -2.30. The Balaban J connectivity index is 1.57. The van der Waals surface area contributed by atoms with Gasteiger partial charge < -0.3 is 15.0 Å². The number of rotatable bonds is 7. The van der Waals surface area contributed by atoms with E-state index in [1.54, 1.807) is 11.3 Å². The summed E-state index contributed by atoms with van der Waals surface area (Å²) in [6.45, 7) is 0.787. The maximum Gasteiger partial charge on any atom is 0.258 e. The largest absolute Gasteiger partial charge is 0.483 e. The minimum atomic E-state index is -0.0523. The summed E-state index contributed by atoms with van der Waals surface area (Å²) in [4.78, 5) is 18.8. The van der Waals surface area contributed by atoms with Gasteiger partial charge in [-0.3, -0.25) is 4.79 Å². The van der Waals surface area contributed by atoms with Crippen LogP contribution in [0.4, 0.5) is 0 Å². The molecule has 0 saturated heterocycles. The fourth-order valence-electron chi connectivity index (χ4n) is 2.95. The predicted molar refractivity (Wildman–Crippen MR) is 109 cm³/mol. The first kappa shape index (κ1) is 17.9. The molecular weight excluding hydrogens is 358 g/mol. The maximum atomic E-state index is 11.9. The number of thiazole rings is 1. The molecule has 5 nitrogen and oxygen atoms in total. The number of nitrogens with one attached hydrogen (secondary N) is 1. The molecule has 4 rings (SSSR count). The Labute approximate surface area is 163 Å². The van der Waals surface area contributed by atoms with Gasteiger partial charge in [0.2, 0.25) is 0 Å². The summed E-state index contributed by atoms with van der Waals surface area (Å²) in [6, 6.07) is 14.6. The standard InChI is InChI=1S/C21H23N3O2S/c1-24(2)12-15-11-14(21-23-17-5-3-4-6-19(17)27-21)7-10-18(15)26-13-20(25)22-16-8-9-16/h3-7,10-11,16H,8-9,12-13H2,1-2H3,(H,22,25). The third-order valence-corrected chi connectivity index (χ3v) is 5.47. The second-order valence-electron chi connectivity index (χ2n) is 7.18. The van der Waals surface area contributed by atoms with E-state index in [1.165, 1.54) is 4.70 Å². The van der Waals surface area contributed by atoms with Crippen LogP contribution >= 0.6 is 11.3 Å². The average molecular weight is 382 g/mol. The lowest BCUT2D eigenvalue weighted by Gasteiger charge is -2.16. The Morgan fingerprint density at radius 2 is 2.07 bits per heavy atom. The molecule has 1 aromatic heterocycles. The number of para-hydroxylation sites is 1. The first-order chi connectivity index (χ1) is 13.1. The number of hydrogen-bond acceptors (Lipinski definition) is 5. The number of nitrogens with zero attached hydrogens (tertiary/aromatic N) is 2. The second kappa shape index (κ2) is 7.66. The molecule has 140 valence electrons. The number of hydrogen-bond donors (Lipinski definition) is 1. The molecule has 0 radical (unpaired) electrons. The van der Waals surface area contributed by atoms with Gasteiger partial charge in [-0.05, 0) is 57.3 Å². The van der Waals surface area contributed by atoms with E-state index in [4.69, 9.17) is 9.72 Å². The van der Waals surface area contributed by atoms with Gasteiger partial charge in [0.1, 0.15) is 10.8 Å². The van der Waals surface area contributed by atoms with Crippen molar-refractivity contribution in [1.82, 2.24) is 15.2 Å². The minimum absolute atomic E-state index is 0.0523. The first-order valence-corrected chi connectivity index (χ1v) is 9.96. The lowest BCUT2D eigenvalue weighted by molar-refractivity contribution is -0.123. The zero-order chi connectivity index (χ0) is 18.8. The van der Waals surface area contributed by atoms with Crippen molar-refractivity contribution in [3.8, 4) is 16.3 Å². The van der Waals surface area contributed by atoms with Gasteiger partial charge >= 0.3 is 0 Å². The number of benzene rings is 2. The predicted octanol–water partition coefficient (Wildman–Crippen LogP) is 3.68. The van der Waals surface area contributed by atoms with Crippen LogP contribution in [0, 0.1) is 0 Å². The van der Waals surface area contributed by atoms with Crippen molar-refractivity contribution in [3.05, 3.63) is 48.0 Å². The molecule has 1 heterocycles. The van der Waals surface area contributed by atoms with Gasteiger partial charge in [-0.25, -0.2) is 4.98 Å². The van der Waals surface area contributed by atoms with Gasteiger partial charge in [-0.1, -0.05) is 12.1 Å². The molecule has 1 saturated carbocycles. The molecular formula is C21H23N3O2S. The second-order valence-corrected chi connectivity index (χ2v) is 8.21. The number of carbonyl (C=O) groups excluding carboxylic acids is 1. The highest BCUT2D eigenvalue weighted by Crippen LogP contribution is 2.33. The van der Waals surface area contributed by atoms with Crippen molar-refractivity contribution >= 4 is 27.5 Å². The Hall–Kier alpha value is -2.44. The lowest BCUT2D eigenvalue weighted by atomic mass is 10.1. The zero-order valence-corrected chi connectivity index (χ0v) is 16.4. The first-order valence-electron chi connectivity index (χ1n) is 9.14. The molecule has 2 aromatic carbocycles. The van der Waals surface area contributed by atoms with E-state index in [-0.39, 0.29) is 12.5 Å². The van der Waals surface area contributed by atoms with Crippen molar-refractivity contribution < 1.29 is 9.53 Å². The molecule has 1 fully saturated rings. The van der Waals surface area contributed by atoms with Gasteiger partial charge in [-0.2, -0.15) is 0 Å². The summed E-state index contributed by atoms with van der Waals surface area (Å²) in [7, 11) is 4.04. The highest BCUT2D eigenvalue weighted by Gasteiger charge is 2.23. The van der Waals surface area contributed by atoms with Crippen molar-refractivity contribution in [2.24, 2.45) is 0 Å². The summed E-state index contributed by atoms with van der Waals surface area (Å²) in [6.07, 6.45) is 2.16. The average Bonchev–Trinajstić information content (AvgIpc) is 3.34. The number of ether oxygens (including phenoxy) is 1. The third kappa shape index (κ3) is 4.46. The quantitative estimate of drug-likeness (QED) is 0.678. The molecule has 27 heavy (non-hydrogen) atoms. The molecule has 1 amide bonds. The zero-order valence-electron chi connectivity index (χ0n) is 15.6. The van der Waals surface area contributed by atoms with E-state index < -0.39 is 0 Å². The van der Waals surface area contributed by atoms with Crippen molar-refractivity contribution in [3.63, 3.8) is 0 Å². The Kier molecular flexibility index (Phi) is 5.09. The number of amides is 1. The molecule has 0 unspecified atom stereocenters. The van der Waals surface area contributed by atoms with Crippen LogP contribution in [-0.2, 0) is 11.3 Å². The van der Waals surface area contributed by atoms with Crippen molar-refractivity contribution in [1.29, 1.82) is 0 Å². The molecule has 0 bridgehead atoms. The van der Waals surface area contributed by atoms with E-state index in [2.05, 4.69) is 22.3 Å². The van der Waals surface area contributed by atoms with Gasteiger partial charge in [0.25, 0.3) is 5.91 Å². The van der Waals surface area contributed by atoms with Crippen LogP contribution in [0.15, 0.2) is 42.5 Å². The smallest absolute Gasteiger partial charge is 0.258 e. The van der Waals surface area contributed by atoms with Crippen LogP contribution in [0.3, 0.4) is 0 Å². The van der Waals surface area contributed by atoms with Gasteiger partial charge in [0.15, 0.2) is 6.61 Å². The summed E-state index contributed by atoms with van der Waals surface area (Å²) < 4.78 is 7.00. The van der Waals surface area contributed by atoms with E-state index >= 15 is 0 Å². The molecule has 1 N–H and O–H groups in total. The highest BCUT2D eigenvalue weighted by molar-refractivity contribution is 7.21. The van der Waals surface area contributed by atoms with E-state index in [1.807, 2.05) is 44.4 Å². The Bertz CT molecular complexity index is 930. The molecule has 3 aromatic rings. The minimum Gasteiger partial charge on any atom is -0.483 e. The van der Waals surface area contributed by atoms with Gasteiger partial charge in [-0.15, -0.1) is 11.3 Å². The van der Waals surface area contributed by atoms with Crippen LogP contribution < -0.4 is 10.1 Å². The molecule has 1 aliphatic carbocycles. The van der Waals surface area contributed by atoms with E-state index in [9.17, 15) is 4.79 Å². The fraction of sp³-hybridized carbons (Fsp3) is 0.333. The highest BCUT2D eigenvalue weighted by atomic mass is 32.1. The van der Waals surface area contributed by atoms with Crippen molar-refractivity contribution in [2.45, 2.75) is 25.4 Å². The summed E-state index contributed by atoms with van der Waals surface area (Å²) >= 11 is 1.69. The van der Waals surface area contributed by atoms with Gasteiger partial charge in [0.05, 0.1) is 10.2 Å². The maximum absolute atomic E-state index is 11.9. The number of aromatic nitrogens is 1. The fourth-order valence-corrected chi connectivity index (χ4v) is 3.92.